The highest BCUT2D eigenvalue weighted by Crippen LogP contribution is 2.24. The number of nitrogens with one attached hydrogen (secondary N) is 2. The lowest BCUT2D eigenvalue weighted by molar-refractivity contribution is -0.116. The molecule has 1 aliphatic heterocycles. The maximum atomic E-state index is 12.2. The Morgan fingerprint density at radius 1 is 1.43 bits per heavy atom. The smallest absolute Gasteiger partial charge is 0.225 e. The second-order valence-corrected chi connectivity index (χ2v) is 6.30. The van der Waals surface area contributed by atoms with Gasteiger partial charge in [-0.3, -0.25) is 9.48 Å². The highest BCUT2D eigenvalue weighted by molar-refractivity contribution is 5.90. The average Bonchev–Trinajstić information content (AvgIpc) is 3.16. The van der Waals surface area contributed by atoms with E-state index in [1.807, 2.05) is 25.2 Å². The number of hydrogen-bond acceptors (Lipinski definition) is 3. The molecule has 0 aliphatic carbocycles. The summed E-state index contributed by atoms with van der Waals surface area (Å²) >= 11 is 0. The van der Waals surface area contributed by atoms with Gasteiger partial charge in [-0.05, 0) is 44.3 Å². The summed E-state index contributed by atoms with van der Waals surface area (Å²) in [6.07, 6.45) is 2.69. The fourth-order valence-corrected chi connectivity index (χ4v) is 3.08. The summed E-state index contributed by atoms with van der Waals surface area (Å²) in [5.74, 6) is 1.45. The summed E-state index contributed by atoms with van der Waals surface area (Å²) in [6.45, 7) is 4.18. The van der Waals surface area contributed by atoms with Crippen LogP contribution in [-0.4, -0.2) is 28.8 Å². The fraction of sp³-hybridized carbons (Fsp3) is 0.444. The number of anilines is 1. The van der Waals surface area contributed by atoms with Gasteiger partial charge in [0.1, 0.15) is 5.82 Å². The molecule has 23 heavy (non-hydrogen) atoms. The number of aryl methyl sites for hydroxylation is 2. The number of hydrogen-bond donors (Lipinski definition) is 2. The van der Waals surface area contributed by atoms with E-state index in [2.05, 4.69) is 34.8 Å². The molecule has 0 spiro atoms. The maximum Gasteiger partial charge on any atom is 0.225 e. The van der Waals surface area contributed by atoms with Crippen LogP contribution in [0.2, 0.25) is 0 Å². The molecule has 2 N–H and O–H groups in total. The van der Waals surface area contributed by atoms with Crippen molar-refractivity contribution < 1.29 is 4.79 Å². The molecule has 1 aliphatic rings. The molecule has 1 atom stereocenters. The van der Waals surface area contributed by atoms with Gasteiger partial charge in [-0.25, -0.2) is 0 Å². The van der Waals surface area contributed by atoms with Crippen LogP contribution in [-0.2, 0) is 11.8 Å². The monoisotopic (exact) mass is 312 g/mol. The lowest BCUT2D eigenvalue weighted by atomic mass is 10.0. The highest BCUT2D eigenvalue weighted by atomic mass is 16.1. The molecule has 1 saturated heterocycles. The summed E-state index contributed by atoms with van der Waals surface area (Å²) in [5, 5.41) is 10.8. The number of carbonyl (C=O) groups excluding carboxylic acids is 1. The maximum absolute atomic E-state index is 12.2. The summed E-state index contributed by atoms with van der Waals surface area (Å²) in [4.78, 5) is 12.2. The number of rotatable bonds is 5. The number of amides is 1. The lowest BCUT2D eigenvalue weighted by Crippen LogP contribution is -2.16. The second kappa shape index (κ2) is 6.96. The van der Waals surface area contributed by atoms with E-state index in [1.165, 1.54) is 12.0 Å². The van der Waals surface area contributed by atoms with Crippen molar-refractivity contribution in [2.45, 2.75) is 26.2 Å². The second-order valence-electron chi connectivity index (χ2n) is 6.30. The fourth-order valence-electron chi connectivity index (χ4n) is 3.08. The molecule has 5 nitrogen and oxygen atoms in total. The summed E-state index contributed by atoms with van der Waals surface area (Å²) < 4.78 is 1.73. The van der Waals surface area contributed by atoms with Crippen molar-refractivity contribution in [2.75, 3.05) is 18.4 Å². The summed E-state index contributed by atoms with van der Waals surface area (Å²) in [6, 6.07) is 10.1. The zero-order valence-corrected chi connectivity index (χ0v) is 13.8. The molecule has 0 radical (unpaired) electrons. The molecule has 5 heteroatoms. The molecule has 1 amide bonds. The third-order valence-corrected chi connectivity index (χ3v) is 4.51. The standard InChI is InChI=1S/C18H24N4O/c1-13-5-3-4-6-15(13)16-11-17(22(2)21-16)20-18(23)8-7-14-9-10-19-12-14/h3-6,11,14,19H,7-10,12H2,1-2H3,(H,20,23). The minimum Gasteiger partial charge on any atom is -0.316 e. The summed E-state index contributed by atoms with van der Waals surface area (Å²) in [7, 11) is 1.86. The third kappa shape index (κ3) is 3.79. The SMILES string of the molecule is Cc1ccccc1-c1cc(NC(=O)CCC2CCNC2)n(C)n1. The van der Waals surface area contributed by atoms with Crippen LogP contribution in [0.4, 0.5) is 5.82 Å². The minimum atomic E-state index is 0.0660. The normalized spacial score (nSPS) is 17.4. The Balaban J connectivity index is 1.64. The van der Waals surface area contributed by atoms with E-state index in [-0.39, 0.29) is 5.91 Å². The molecule has 0 bridgehead atoms. The summed E-state index contributed by atoms with van der Waals surface area (Å²) in [5.41, 5.74) is 3.17. The number of aromatic nitrogens is 2. The topological polar surface area (TPSA) is 59.0 Å². The molecule has 2 aromatic rings. The average molecular weight is 312 g/mol. The van der Waals surface area contributed by atoms with Crippen molar-refractivity contribution in [3.63, 3.8) is 0 Å². The van der Waals surface area contributed by atoms with Gasteiger partial charge in [-0.15, -0.1) is 0 Å². The van der Waals surface area contributed by atoms with E-state index in [1.54, 1.807) is 4.68 Å². The van der Waals surface area contributed by atoms with Crippen LogP contribution in [0.5, 0.6) is 0 Å². The zero-order chi connectivity index (χ0) is 16.2. The molecule has 122 valence electrons. The Morgan fingerprint density at radius 3 is 3.00 bits per heavy atom. The van der Waals surface area contributed by atoms with Gasteiger partial charge < -0.3 is 10.6 Å². The van der Waals surface area contributed by atoms with Crippen molar-refractivity contribution in [1.29, 1.82) is 0 Å². The van der Waals surface area contributed by atoms with Crippen molar-refractivity contribution in [1.82, 2.24) is 15.1 Å². The molecule has 1 aromatic carbocycles. The predicted molar refractivity (Wildman–Crippen MR) is 92.2 cm³/mol. The highest BCUT2D eigenvalue weighted by Gasteiger charge is 2.17. The largest absolute Gasteiger partial charge is 0.316 e. The molecule has 3 rings (SSSR count). The zero-order valence-electron chi connectivity index (χ0n) is 13.8. The van der Waals surface area contributed by atoms with Crippen LogP contribution >= 0.6 is 0 Å². The Morgan fingerprint density at radius 2 is 2.26 bits per heavy atom. The molecule has 0 saturated carbocycles. The first kappa shape index (κ1) is 15.7. The van der Waals surface area contributed by atoms with E-state index in [9.17, 15) is 4.79 Å². The van der Waals surface area contributed by atoms with Crippen molar-refractivity contribution in [2.24, 2.45) is 13.0 Å². The van der Waals surface area contributed by atoms with Gasteiger partial charge in [-0.1, -0.05) is 24.3 Å². The van der Waals surface area contributed by atoms with Gasteiger partial charge in [0.25, 0.3) is 0 Å². The van der Waals surface area contributed by atoms with E-state index >= 15 is 0 Å². The molecule has 1 fully saturated rings. The van der Waals surface area contributed by atoms with Crippen LogP contribution in [0, 0.1) is 12.8 Å². The van der Waals surface area contributed by atoms with Crippen LogP contribution < -0.4 is 10.6 Å². The van der Waals surface area contributed by atoms with Crippen LogP contribution in [0.3, 0.4) is 0 Å². The predicted octanol–water partition coefficient (Wildman–Crippen LogP) is 2.72. The third-order valence-electron chi connectivity index (χ3n) is 4.51. The van der Waals surface area contributed by atoms with Gasteiger partial charge in [0.15, 0.2) is 0 Å². The Labute approximate surface area is 137 Å². The van der Waals surface area contributed by atoms with Crippen LogP contribution in [0.15, 0.2) is 30.3 Å². The van der Waals surface area contributed by atoms with Crippen LogP contribution in [0.25, 0.3) is 11.3 Å². The Bertz CT molecular complexity index is 686. The number of benzene rings is 1. The van der Waals surface area contributed by atoms with Crippen molar-refractivity contribution in [3.05, 3.63) is 35.9 Å². The Kier molecular flexibility index (Phi) is 4.76. The van der Waals surface area contributed by atoms with E-state index < -0.39 is 0 Å². The first-order valence-corrected chi connectivity index (χ1v) is 8.24. The first-order valence-electron chi connectivity index (χ1n) is 8.24. The van der Waals surface area contributed by atoms with Gasteiger partial charge >= 0.3 is 0 Å². The molecular formula is C18H24N4O. The van der Waals surface area contributed by atoms with E-state index in [4.69, 9.17) is 0 Å². The molecule has 2 heterocycles. The van der Waals surface area contributed by atoms with Gasteiger partial charge in [0.05, 0.1) is 5.69 Å². The quantitative estimate of drug-likeness (QED) is 0.892. The Hall–Kier alpha value is -2.14. The lowest BCUT2D eigenvalue weighted by Gasteiger charge is -2.08. The molecule has 1 unspecified atom stereocenters. The number of nitrogens with zero attached hydrogens (tertiary/aromatic N) is 2. The van der Waals surface area contributed by atoms with Crippen molar-refractivity contribution >= 4 is 11.7 Å². The van der Waals surface area contributed by atoms with Gasteiger partial charge in [0, 0.05) is 25.1 Å². The van der Waals surface area contributed by atoms with Gasteiger partial charge in [0.2, 0.25) is 5.91 Å². The van der Waals surface area contributed by atoms with E-state index in [0.717, 1.165) is 36.6 Å². The molecular weight excluding hydrogens is 288 g/mol. The van der Waals surface area contributed by atoms with Crippen LogP contribution in [0.1, 0.15) is 24.8 Å². The van der Waals surface area contributed by atoms with Crippen molar-refractivity contribution in [3.8, 4) is 11.3 Å². The minimum absolute atomic E-state index is 0.0660. The van der Waals surface area contributed by atoms with E-state index in [0.29, 0.717) is 12.3 Å². The first-order chi connectivity index (χ1) is 11.1. The molecule has 1 aromatic heterocycles. The number of carbonyl (C=O) groups is 1. The van der Waals surface area contributed by atoms with Gasteiger partial charge in [-0.2, -0.15) is 5.10 Å².